The molecule has 0 saturated carbocycles. The molecule has 0 radical (unpaired) electrons. The average molecular weight is 526 g/mol. The largest absolute Gasteiger partial charge is 0.351 e. The molecule has 1 aromatic carbocycles. The first-order chi connectivity index (χ1) is 17.6. The maximum atomic E-state index is 13.3. The van der Waals surface area contributed by atoms with Crippen LogP contribution >= 0.6 is 11.3 Å². The maximum Gasteiger partial charge on any atom is 0.252 e. The molecule has 2 atom stereocenters. The average Bonchev–Trinajstić information content (AvgIpc) is 3.46. The molecule has 0 fully saturated rings. The second kappa shape index (κ2) is 13.2. The van der Waals surface area contributed by atoms with Gasteiger partial charge >= 0.3 is 0 Å². The van der Waals surface area contributed by atoms with Crippen molar-refractivity contribution in [3.05, 3.63) is 52.0 Å². The van der Waals surface area contributed by atoms with Crippen LogP contribution in [0.2, 0.25) is 0 Å². The minimum Gasteiger partial charge on any atom is -0.351 e. The Morgan fingerprint density at radius 2 is 1.81 bits per heavy atom. The molecule has 37 heavy (non-hydrogen) atoms. The number of likely N-dealkylation sites (N-methyl/N-ethyl adjacent to an activating group) is 1. The van der Waals surface area contributed by atoms with Crippen LogP contribution in [0, 0.1) is 5.92 Å². The molecular weight excluding hydrogens is 482 g/mol. The van der Waals surface area contributed by atoms with Crippen molar-refractivity contribution in [3.8, 4) is 0 Å². The number of thiophene rings is 1. The predicted octanol–water partition coefficient (Wildman–Crippen LogP) is 5.26. The zero-order chi connectivity index (χ0) is 27.1. The van der Waals surface area contributed by atoms with Crippen molar-refractivity contribution < 1.29 is 9.59 Å². The van der Waals surface area contributed by atoms with Crippen molar-refractivity contribution in [2.45, 2.75) is 78.4 Å². The van der Waals surface area contributed by atoms with Gasteiger partial charge in [-0.15, -0.1) is 11.3 Å². The summed E-state index contributed by atoms with van der Waals surface area (Å²) < 4.78 is 2.35. The van der Waals surface area contributed by atoms with Crippen LogP contribution in [0.1, 0.15) is 81.0 Å². The molecule has 0 spiro atoms. The SMILES string of the molecule is CCC(CC)n1c(Cc2cccs2)nc2cc(C(=O)NC(CC(C)C)C(=O)NC(C)CN(C)C)ccc21. The first-order valence-electron chi connectivity index (χ1n) is 13.4. The minimum absolute atomic E-state index is 0.0128. The highest BCUT2D eigenvalue weighted by Gasteiger charge is 2.25. The second-order valence-corrected chi connectivity index (χ2v) is 11.7. The first kappa shape index (κ1) is 28.9. The van der Waals surface area contributed by atoms with Gasteiger partial charge < -0.3 is 20.1 Å². The summed E-state index contributed by atoms with van der Waals surface area (Å²) in [5.74, 6) is 0.891. The molecule has 0 aliphatic carbocycles. The summed E-state index contributed by atoms with van der Waals surface area (Å²) in [4.78, 5) is 34.6. The summed E-state index contributed by atoms with van der Waals surface area (Å²) in [6.45, 7) is 11.2. The molecule has 2 unspecified atom stereocenters. The molecular formula is C29H43N5O2S. The first-order valence-corrected chi connectivity index (χ1v) is 14.3. The molecule has 8 heteroatoms. The number of hydrogen-bond donors (Lipinski definition) is 2. The van der Waals surface area contributed by atoms with Crippen LogP contribution in [-0.2, 0) is 11.2 Å². The third-order valence-electron chi connectivity index (χ3n) is 6.60. The van der Waals surface area contributed by atoms with Crippen molar-refractivity contribution in [1.82, 2.24) is 25.1 Å². The predicted molar refractivity (Wildman–Crippen MR) is 153 cm³/mol. The van der Waals surface area contributed by atoms with Gasteiger partial charge in [0.15, 0.2) is 0 Å². The molecule has 2 amide bonds. The number of imidazole rings is 1. The van der Waals surface area contributed by atoms with Crippen LogP contribution in [0.3, 0.4) is 0 Å². The Kier molecular flexibility index (Phi) is 10.3. The summed E-state index contributed by atoms with van der Waals surface area (Å²) in [5.41, 5.74) is 2.38. The maximum absolute atomic E-state index is 13.3. The zero-order valence-electron chi connectivity index (χ0n) is 23.4. The van der Waals surface area contributed by atoms with E-state index in [1.165, 1.54) is 4.88 Å². The van der Waals surface area contributed by atoms with E-state index in [-0.39, 0.29) is 23.8 Å². The number of rotatable bonds is 13. The number of nitrogens with zero attached hydrogens (tertiary/aromatic N) is 3. The summed E-state index contributed by atoms with van der Waals surface area (Å²) in [7, 11) is 3.95. The third-order valence-corrected chi connectivity index (χ3v) is 7.48. The van der Waals surface area contributed by atoms with E-state index in [9.17, 15) is 9.59 Å². The fraction of sp³-hybridized carbons (Fsp3) is 0.552. The summed E-state index contributed by atoms with van der Waals surface area (Å²) >= 11 is 1.73. The zero-order valence-corrected chi connectivity index (χ0v) is 24.2. The Labute approximate surface area is 225 Å². The normalized spacial score (nSPS) is 13.5. The van der Waals surface area contributed by atoms with Crippen molar-refractivity contribution in [2.75, 3.05) is 20.6 Å². The van der Waals surface area contributed by atoms with E-state index in [4.69, 9.17) is 4.98 Å². The molecule has 2 heterocycles. The highest BCUT2D eigenvalue weighted by molar-refractivity contribution is 7.09. The molecule has 0 aliphatic heterocycles. The fourth-order valence-electron chi connectivity index (χ4n) is 4.93. The smallest absolute Gasteiger partial charge is 0.252 e. The number of carbonyl (C=O) groups excluding carboxylic acids is 2. The van der Waals surface area contributed by atoms with E-state index >= 15 is 0 Å². The Morgan fingerprint density at radius 1 is 1.08 bits per heavy atom. The lowest BCUT2D eigenvalue weighted by molar-refractivity contribution is -0.124. The van der Waals surface area contributed by atoms with Gasteiger partial charge in [-0.3, -0.25) is 9.59 Å². The van der Waals surface area contributed by atoms with Gasteiger partial charge in [0.25, 0.3) is 5.91 Å². The van der Waals surface area contributed by atoms with Crippen LogP contribution in [0.15, 0.2) is 35.7 Å². The number of nitrogens with one attached hydrogen (secondary N) is 2. The van der Waals surface area contributed by atoms with E-state index < -0.39 is 6.04 Å². The van der Waals surface area contributed by atoms with E-state index in [1.54, 1.807) is 11.3 Å². The second-order valence-electron chi connectivity index (χ2n) is 10.7. The van der Waals surface area contributed by atoms with Gasteiger partial charge in [-0.1, -0.05) is 33.8 Å². The minimum atomic E-state index is -0.593. The lowest BCUT2D eigenvalue weighted by Crippen LogP contribution is -2.51. The monoisotopic (exact) mass is 525 g/mol. The Balaban J connectivity index is 1.87. The van der Waals surface area contributed by atoms with Crippen molar-refractivity contribution in [1.29, 1.82) is 0 Å². The van der Waals surface area contributed by atoms with E-state index in [1.807, 2.05) is 44.1 Å². The Hall–Kier alpha value is -2.71. The summed E-state index contributed by atoms with van der Waals surface area (Å²) in [5, 5.41) is 8.13. The van der Waals surface area contributed by atoms with Crippen LogP contribution in [0.5, 0.6) is 0 Å². The van der Waals surface area contributed by atoms with Crippen molar-refractivity contribution >= 4 is 34.2 Å². The highest BCUT2D eigenvalue weighted by atomic mass is 32.1. The number of aromatic nitrogens is 2. The third kappa shape index (κ3) is 7.65. The standard InChI is InChI=1S/C29H43N5O2S/c1-8-22(9-2)34-26-13-12-21(16-24(26)31-27(34)17-23-11-10-14-37-23)28(35)32-25(15-19(3)4)29(36)30-20(5)18-33(6)7/h10-14,16,19-20,22,25H,8-9,15,17-18H2,1-7H3,(H,30,36)(H,32,35). The quantitative estimate of drug-likeness (QED) is 0.319. The van der Waals surface area contributed by atoms with Gasteiger partial charge in [0.2, 0.25) is 5.91 Å². The van der Waals surface area contributed by atoms with Gasteiger partial charge in [0, 0.05) is 35.5 Å². The van der Waals surface area contributed by atoms with Crippen LogP contribution in [0.25, 0.3) is 11.0 Å². The lowest BCUT2D eigenvalue weighted by atomic mass is 10.0. The summed E-state index contributed by atoms with van der Waals surface area (Å²) in [6.07, 6.45) is 3.37. The van der Waals surface area contributed by atoms with Gasteiger partial charge in [0.05, 0.1) is 11.0 Å². The van der Waals surface area contributed by atoms with E-state index in [0.717, 1.165) is 42.7 Å². The van der Waals surface area contributed by atoms with E-state index in [2.05, 4.69) is 60.4 Å². The van der Waals surface area contributed by atoms with Gasteiger partial charge in [-0.05, 0) is 75.8 Å². The highest BCUT2D eigenvalue weighted by Crippen LogP contribution is 2.28. The number of amides is 2. The Morgan fingerprint density at radius 3 is 2.41 bits per heavy atom. The Bertz CT molecular complexity index is 1160. The van der Waals surface area contributed by atoms with Crippen LogP contribution in [0.4, 0.5) is 0 Å². The van der Waals surface area contributed by atoms with E-state index in [0.29, 0.717) is 18.0 Å². The fourth-order valence-corrected chi connectivity index (χ4v) is 5.63. The van der Waals surface area contributed by atoms with Gasteiger partial charge in [-0.2, -0.15) is 0 Å². The molecule has 7 nitrogen and oxygen atoms in total. The molecule has 0 bridgehead atoms. The van der Waals surface area contributed by atoms with Gasteiger partial charge in [0.1, 0.15) is 11.9 Å². The van der Waals surface area contributed by atoms with Crippen molar-refractivity contribution in [3.63, 3.8) is 0 Å². The number of fused-ring (bicyclic) bond motifs is 1. The number of benzene rings is 1. The molecule has 3 rings (SSSR count). The molecule has 2 aromatic heterocycles. The number of carbonyl (C=O) groups is 2. The molecule has 0 saturated heterocycles. The topological polar surface area (TPSA) is 79.3 Å². The molecule has 0 aliphatic rings. The number of hydrogen-bond acceptors (Lipinski definition) is 5. The van der Waals surface area contributed by atoms with Crippen LogP contribution < -0.4 is 10.6 Å². The molecule has 202 valence electrons. The lowest BCUT2D eigenvalue weighted by Gasteiger charge is -2.24. The molecule has 3 aromatic rings. The van der Waals surface area contributed by atoms with Gasteiger partial charge in [-0.25, -0.2) is 4.98 Å². The van der Waals surface area contributed by atoms with Crippen LogP contribution in [-0.4, -0.2) is 59.0 Å². The summed E-state index contributed by atoms with van der Waals surface area (Å²) in [6, 6.07) is 9.67. The molecule has 2 N–H and O–H groups in total. The van der Waals surface area contributed by atoms with Crippen molar-refractivity contribution in [2.24, 2.45) is 5.92 Å².